The number of nitrogens with one attached hydrogen (secondary N) is 1. The van der Waals surface area contributed by atoms with E-state index in [1.54, 1.807) is 7.11 Å². The highest BCUT2D eigenvalue weighted by Gasteiger charge is 2.14. The van der Waals surface area contributed by atoms with Gasteiger partial charge in [0, 0.05) is 36.8 Å². The number of hydrogen-bond acceptors (Lipinski definition) is 3. The molecule has 0 amide bonds. The van der Waals surface area contributed by atoms with Crippen LogP contribution in [0.4, 0.5) is 0 Å². The summed E-state index contributed by atoms with van der Waals surface area (Å²) in [4.78, 5) is 2.47. The topological polar surface area (TPSA) is 24.5 Å². The zero-order valence-corrected chi connectivity index (χ0v) is 13.9. The molecule has 1 aromatic rings. The second-order valence-corrected chi connectivity index (χ2v) is 6.55. The number of nitrogens with zero attached hydrogens (tertiary/aromatic N) is 1. The summed E-state index contributed by atoms with van der Waals surface area (Å²) in [5.74, 6) is 0.974. The molecule has 114 valence electrons. The van der Waals surface area contributed by atoms with E-state index in [0.29, 0.717) is 6.04 Å². The third-order valence-electron chi connectivity index (χ3n) is 3.35. The second kappa shape index (κ2) is 7.65. The Morgan fingerprint density at radius 3 is 2.40 bits per heavy atom. The summed E-state index contributed by atoms with van der Waals surface area (Å²) >= 11 is 0. The summed E-state index contributed by atoms with van der Waals surface area (Å²) < 4.78 is 5.44. The van der Waals surface area contributed by atoms with E-state index >= 15 is 0 Å². The van der Waals surface area contributed by atoms with E-state index in [-0.39, 0.29) is 5.54 Å². The van der Waals surface area contributed by atoms with Crippen LogP contribution in [0.2, 0.25) is 0 Å². The van der Waals surface area contributed by atoms with E-state index in [0.717, 1.165) is 25.4 Å². The molecule has 0 heterocycles. The van der Waals surface area contributed by atoms with Crippen LogP contribution >= 0.6 is 0 Å². The van der Waals surface area contributed by atoms with Gasteiger partial charge in [0.25, 0.3) is 0 Å². The highest BCUT2D eigenvalue weighted by Crippen LogP contribution is 2.20. The summed E-state index contributed by atoms with van der Waals surface area (Å²) in [5.41, 5.74) is 1.42. The van der Waals surface area contributed by atoms with Crippen LogP contribution in [0.1, 0.15) is 40.2 Å². The predicted molar refractivity (Wildman–Crippen MR) is 86.3 cm³/mol. The molecule has 0 fully saturated rings. The number of benzene rings is 1. The van der Waals surface area contributed by atoms with E-state index in [1.807, 2.05) is 12.1 Å². The van der Waals surface area contributed by atoms with Gasteiger partial charge < -0.3 is 10.1 Å². The van der Waals surface area contributed by atoms with E-state index in [1.165, 1.54) is 5.56 Å². The molecule has 0 saturated heterocycles. The van der Waals surface area contributed by atoms with Gasteiger partial charge in [-0.1, -0.05) is 18.2 Å². The van der Waals surface area contributed by atoms with Crippen LogP contribution in [-0.4, -0.2) is 36.7 Å². The van der Waals surface area contributed by atoms with Gasteiger partial charge in [-0.05, 0) is 40.7 Å². The zero-order chi connectivity index (χ0) is 15.2. The highest BCUT2D eigenvalue weighted by molar-refractivity contribution is 5.33. The molecular formula is C17H30N2O. The SMILES string of the molecule is COc1ccccc1CN(CCNC(C)(C)C)C(C)C. The van der Waals surface area contributed by atoms with Crippen molar-refractivity contribution >= 4 is 0 Å². The smallest absolute Gasteiger partial charge is 0.123 e. The fourth-order valence-corrected chi connectivity index (χ4v) is 2.15. The van der Waals surface area contributed by atoms with Crippen LogP contribution in [0.15, 0.2) is 24.3 Å². The first-order chi connectivity index (χ1) is 9.33. The van der Waals surface area contributed by atoms with Crippen LogP contribution < -0.4 is 10.1 Å². The van der Waals surface area contributed by atoms with Gasteiger partial charge in [0.1, 0.15) is 5.75 Å². The van der Waals surface area contributed by atoms with Crippen molar-refractivity contribution < 1.29 is 4.74 Å². The maximum atomic E-state index is 5.44. The minimum absolute atomic E-state index is 0.174. The third-order valence-corrected chi connectivity index (χ3v) is 3.35. The van der Waals surface area contributed by atoms with Crippen molar-refractivity contribution in [2.45, 2.75) is 52.7 Å². The molecule has 0 atom stereocenters. The van der Waals surface area contributed by atoms with Gasteiger partial charge >= 0.3 is 0 Å². The lowest BCUT2D eigenvalue weighted by atomic mass is 10.1. The van der Waals surface area contributed by atoms with Crippen molar-refractivity contribution in [2.24, 2.45) is 0 Å². The molecule has 3 heteroatoms. The Morgan fingerprint density at radius 1 is 1.20 bits per heavy atom. The molecule has 1 aromatic carbocycles. The molecular weight excluding hydrogens is 248 g/mol. The molecule has 3 nitrogen and oxygen atoms in total. The Kier molecular flexibility index (Phi) is 6.50. The maximum Gasteiger partial charge on any atom is 0.123 e. The molecule has 0 unspecified atom stereocenters. The van der Waals surface area contributed by atoms with Crippen LogP contribution in [0, 0.1) is 0 Å². The van der Waals surface area contributed by atoms with Gasteiger partial charge in [0.15, 0.2) is 0 Å². The van der Waals surface area contributed by atoms with Crippen LogP contribution in [0.25, 0.3) is 0 Å². The van der Waals surface area contributed by atoms with E-state index in [9.17, 15) is 0 Å². The molecule has 0 bridgehead atoms. The minimum Gasteiger partial charge on any atom is -0.496 e. The Morgan fingerprint density at radius 2 is 1.85 bits per heavy atom. The molecule has 0 aromatic heterocycles. The van der Waals surface area contributed by atoms with E-state index < -0.39 is 0 Å². The number of ether oxygens (including phenoxy) is 1. The molecule has 0 aliphatic rings. The molecule has 20 heavy (non-hydrogen) atoms. The average Bonchev–Trinajstić information content (AvgIpc) is 2.36. The summed E-state index contributed by atoms with van der Waals surface area (Å²) in [7, 11) is 1.74. The van der Waals surface area contributed by atoms with Gasteiger partial charge in [-0.2, -0.15) is 0 Å². The Labute approximate surface area is 124 Å². The van der Waals surface area contributed by atoms with Gasteiger partial charge in [0.05, 0.1) is 7.11 Å². The number of rotatable bonds is 7. The maximum absolute atomic E-state index is 5.44. The lowest BCUT2D eigenvalue weighted by Gasteiger charge is -2.29. The quantitative estimate of drug-likeness (QED) is 0.828. The lowest BCUT2D eigenvalue weighted by Crippen LogP contribution is -2.43. The summed E-state index contributed by atoms with van der Waals surface area (Å²) in [6.45, 7) is 14.0. The predicted octanol–water partition coefficient (Wildman–Crippen LogP) is 3.29. The number of para-hydroxylation sites is 1. The van der Waals surface area contributed by atoms with Crippen molar-refractivity contribution in [1.82, 2.24) is 10.2 Å². The molecule has 0 spiro atoms. The first kappa shape index (κ1) is 17.0. The number of methoxy groups -OCH3 is 1. The Hall–Kier alpha value is -1.06. The Balaban J connectivity index is 2.63. The van der Waals surface area contributed by atoms with E-state index in [2.05, 4.69) is 57.0 Å². The largest absolute Gasteiger partial charge is 0.496 e. The first-order valence-electron chi connectivity index (χ1n) is 7.44. The fourth-order valence-electron chi connectivity index (χ4n) is 2.15. The van der Waals surface area contributed by atoms with Crippen LogP contribution in [0.3, 0.4) is 0 Å². The molecule has 1 N–H and O–H groups in total. The fraction of sp³-hybridized carbons (Fsp3) is 0.647. The zero-order valence-electron chi connectivity index (χ0n) is 13.9. The van der Waals surface area contributed by atoms with Crippen molar-refractivity contribution in [3.05, 3.63) is 29.8 Å². The number of hydrogen-bond donors (Lipinski definition) is 1. The van der Waals surface area contributed by atoms with Crippen LogP contribution in [0.5, 0.6) is 5.75 Å². The lowest BCUT2D eigenvalue weighted by molar-refractivity contribution is 0.204. The molecule has 0 saturated carbocycles. The van der Waals surface area contributed by atoms with Gasteiger partial charge in [-0.15, -0.1) is 0 Å². The minimum atomic E-state index is 0.174. The van der Waals surface area contributed by atoms with Gasteiger partial charge in [-0.3, -0.25) is 4.90 Å². The average molecular weight is 278 g/mol. The van der Waals surface area contributed by atoms with Crippen molar-refractivity contribution in [2.75, 3.05) is 20.2 Å². The first-order valence-corrected chi connectivity index (χ1v) is 7.44. The molecule has 1 rings (SSSR count). The van der Waals surface area contributed by atoms with Crippen molar-refractivity contribution in [3.63, 3.8) is 0 Å². The van der Waals surface area contributed by atoms with E-state index in [4.69, 9.17) is 4.74 Å². The Bertz CT molecular complexity index is 396. The van der Waals surface area contributed by atoms with Gasteiger partial charge in [0.2, 0.25) is 0 Å². The van der Waals surface area contributed by atoms with Gasteiger partial charge in [-0.25, -0.2) is 0 Å². The summed E-state index contributed by atoms with van der Waals surface area (Å²) in [6.07, 6.45) is 0. The monoisotopic (exact) mass is 278 g/mol. The molecule has 0 radical (unpaired) electrons. The van der Waals surface area contributed by atoms with Crippen molar-refractivity contribution in [1.29, 1.82) is 0 Å². The van der Waals surface area contributed by atoms with Crippen molar-refractivity contribution in [3.8, 4) is 5.75 Å². The molecule has 0 aliphatic heterocycles. The summed E-state index contributed by atoms with van der Waals surface area (Å²) in [5, 5.41) is 3.55. The van der Waals surface area contributed by atoms with Crippen LogP contribution in [-0.2, 0) is 6.54 Å². The summed E-state index contributed by atoms with van der Waals surface area (Å²) in [6, 6.07) is 8.78. The third kappa shape index (κ3) is 5.93. The standard InChI is InChI=1S/C17H30N2O/c1-14(2)19(12-11-18-17(3,4)5)13-15-9-7-8-10-16(15)20-6/h7-10,14,18H,11-13H2,1-6H3. The normalized spacial score (nSPS) is 12.2. The second-order valence-electron chi connectivity index (χ2n) is 6.55. The highest BCUT2D eigenvalue weighted by atomic mass is 16.5. The molecule has 0 aliphatic carbocycles.